The highest BCUT2D eigenvalue weighted by Gasteiger charge is 2.35. The fourth-order valence-electron chi connectivity index (χ4n) is 2.47. The van der Waals surface area contributed by atoms with Gasteiger partial charge in [0.15, 0.2) is 15.5 Å². The Labute approximate surface area is 148 Å². The SMILES string of the molecule is Cc1ccc(-n2cc(C(F)(F)F)nc2-c2ccc(S(C)(=O)=O)cc2)cc1. The molecule has 0 spiro atoms. The molecule has 0 aliphatic heterocycles. The van der Waals surface area contributed by atoms with Gasteiger partial charge in [-0.15, -0.1) is 0 Å². The molecule has 4 nitrogen and oxygen atoms in total. The quantitative estimate of drug-likeness (QED) is 0.682. The van der Waals surface area contributed by atoms with Gasteiger partial charge in [-0.05, 0) is 43.3 Å². The van der Waals surface area contributed by atoms with Crippen LogP contribution < -0.4 is 0 Å². The van der Waals surface area contributed by atoms with Gasteiger partial charge in [0.25, 0.3) is 0 Å². The molecule has 1 heterocycles. The second-order valence-corrected chi connectivity index (χ2v) is 7.97. The zero-order valence-electron chi connectivity index (χ0n) is 13.9. The predicted octanol–water partition coefficient (Wildman–Crippen LogP) is 4.27. The van der Waals surface area contributed by atoms with Crippen molar-refractivity contribution in [3.63, 3.8) is 0 Å². The Morgan fingerprint density at radius 2 is 1.54 bits per heavy atom. The van der Waals surface area contributed by atoms with E-state index in [-0.39, 0.29) is 10.7 Å². The average molecular weight is 380 g/mol. The normalized spacial score (nSPS) is 12.3. The lowest BCUT2D eigenvalue weighted by molar-refractivity contribution is -0.140. The first-order chi connectivity index (χ1) is 12.1. The maximum absolute atomic E-state index is 13.1. The zero-order valence-corrected chi connectivity index (χ0v) is 14.8. The van der Waals surface area contributed by atoms with E-state index < -0.39 is 21.7 Å². The number of imidazole rings is 1. The fraction of sp³-hybridized carbons (Fsp3) is 0.167. The van der Waals surface area contributed by atoms with Gasteiger partial charge >= 0.3 is 6.18 Å². The molecule has 0 amide bonds. The lowest BCUT2D eigenvalue weighted by Crippen LogP contribution is -2.05. The number of rotatable bonds is 3. The molecule has 8 heteroatoms. The predicted molar refractivity (Wildman–Crippen MR) is 91.8 cm³/mol. The van der Waals surface area contributed by atoms with E-state index in [1.807, 2.05) is 6.92 Å². The lowest BCUT2D eigenvalue weighted by Gasteiger charge is -2.09. The minimum Gasteiger partial charge on any atom is -0.299 e. The second-order valence-electron chi connectivity index (χ2n) is 5.95. The molecule has 0 bridgehead atoms. The van der Waals surface area contributed by atoms with E-state index in [9.17, 15) is 21.6 Å². The molecule has 2 aromatic carbocycles. The Balaban J connectivity index is 2.16. The highest BCUT2D eigenvalue weighted by atomic mass is 32.2. The Bertz CT molecular complexity index is 1040. The summed E-state index contributed by atoms with van der Waals surface area (Å²) in [4.78, 5) is 3.82. The van der Waals surface area contributed by atoms with Crippen LogP contribution in [-0.2, 0) is 16.0 Å². The van der Waals surface area contributed by atoms with Crippen molar-refractivity contribution in [2.24, 2.45) is 0 Å². The number of aromatic nitrogens is 2. The van der Waals surface area contributed by atoms with Crippen LogP contribution in [0.15, 0.2) is 59.6 Å². The number of benzene rings is 2. The van der Waals surface area contributed by atoms with Crippen LogP contribution in [-0.4, -0.2) is 24.2 Å². The highest BCUT2D eigenvalue weighted by molar-refractivity contribution is 7.90. The van der Waals surface area contributed by atoms with Crippen molar-refractivity contribution < 1.29 is 21.6 Å². The van der Waals surface area contributed by atoms with E-state index in [1.165, 1.54) is 28.8 Å². The van der Waals surface area contributed by atoms with Crippen molar-refractivity contribution in [1.29, 1.82) is 0 Å². The van der Waals surface area contributed by atoms with Crippen molar-refractivity contribution in [3.8, 4) is 17.1 Å². The van der Waals surface area contributed by atoms with Crippen LogP contribution >= 0.6 is 0 Å². The number of alkyl halides is 3. The van der Waals surface area contributed by atoms with Crippen molar-refractivity contribution in [2.75, 3.05) is 6.26 Å². The van der Waals surface area contributed by atoms with Crippen LogP contribution in [0.4, 0.5) is 13.2 Å². The number of halogens is 3. The topological polar surface area (TPSA) is 52.0 Å². The Morgan fingerprint density at radius 3 is 2.04 bits per heavy atom. The zero-order chi connectivity index (χ0) is 19.1. The van der Waals surface area contributed by atoms with Crippen molar-refractivity contribution >= 4 is 9.84 Å². The summed E-state index contributed by atoms with van der Waals surface area (Å²) in [5.41, 5.74) is 0.874. The molecule has 26 heavy (non-hydrogen) atoms. The molecule has 0 N–H and O–H groups in total. The molecule has 0 aliphatic carbocycles. The molecule has 3 aromatic rings. The molecule has 0 radical (unpaired) electrons. The molecule has 0 fully saturated rings. The minimum absolute atomic E-state index is 0.0845. The molecule has 1 aromatic heterocycles. The van der Waals surface area contributed by atoms with Gasteiger partial charge in [-0.25, -0.2) is 13.4 Å². The maximum Gasteiger partial charge on any atom is 0.434 e. The standard InChI is InChI=1S/C18H15F3N2O2S/c1-12-3-7-14(8-4-12)23-11-16(18(19,20)21)22-17(23)13-5-9-15(10-6-13)26(2,24)25/h3-11H,1-2H3. The van der Waals surface area contributed by atoms with Gasteiger partial charge in [0, 0.05) is 23.7 Å². The van der Waals surface area contributed by atoms with Crippen LogP contribution in [0, 0.1) is 6.92 Å². The van der Waals surface area contributed by atoms with Gasteiger partial charge < -0.3 is 0 Å². The monoisotopic (exact) mass is 380 g/mol. The van der Waals surface area contributed by atoms with Crippen LogP contribution in [0.1, 0.15) is 11.3 Å². The molecule has 0 unspecified atom stereocenters. The Hall–Kier alpha value is -2.61. The summed E-state index contributed by atoms with van der Waals surface area (Å²) in [7, 11) is -3.39. The number of sulfone groups is 1. The first kappa shape index (κ1) is 18.2. The van der Waals surface area contributed by atoms with Crippen molar-refractivity contribution in [3.05, 3.63) is 66.0 Å². The molecule has 0 atom stereocenters. The molecule has 136 valence electrons. The van der Waals surface area contributed by atoms with Gasteiger partial charge in [0.05, 0.1) is 4.90 Å². The van der Waals surface area contributed by atoms with Gasteiger partial charge in [-0.2, -0.15) is 13.2 Å². The van der Waals surface area contributed by atoms with Gasteiger partial charge in [0.2, 0.25) is 0 Å². The number of aryl methyl sites for hydroxylation is 1. The third-order valence-corrected chi connectivity index (χ3v) is 4.98. The van der Waals surface area contributed by atoms with Crippen LogP contribution in [0.2, 0.25) is 0 Å². The van der Waals surface area contributed by atoms with Crippen molar-refractivity contribution in [2.45, 2.75) is 18.0 Å². The summed E-state index contributed by atoms with van der Waals surface area (Å²) in [6.07, 6.45) is -2.58. The maximum atomic E-state index is 13.1. The second kappa shape index (κ2) is 6.28. The Kier molecular flexibility index (Phi) is 4.39. The fourth-order valence-corrected chi connectivity index (χ4v) is 3.10. The minimum atomic E-state index is -4.59. The van der Waals surface area contributed by atoms with Crippen LogP contribution in [0.25, 0.3) is 17.1 Å². The summed E-state index contributed by atoms with van der Waals surface area (Å²) in [6, 6.07) is 12.6. The van der Waals surface area contributed by atoms with E-state index in [0.29, 0.717) is 11.3 Å². The smallest absolute Gasteiger partial charge is 0.299 e. The molecule has 3 rings (SSSR count). The summed E-state index contributed by atoms with van der Waals surface area (Å²) in [6.45, 7) is 1.88. The third-order valence-electron chi connectivity index (χ3n) is 3.85. The van der Waals surface area contributed by atoms with E-state index in [1.54, 1.807) is 24.3 Å². The van der Waals surface area contributed by atoms with Crippen molar-refractivity contribution in [1.82, 2.24) is 9.55 Å². The summed E-state index contributed by atoms with van der Waals surface area (Å²) < 4.78 is 63.9. The summed E-state index contributed by atoms with van der Waals surface area (Å²) in [5, 5.41) is 0. The van der Waals surface area contributed by atoms with E-state index in [2.05, 4.69) is 4.98 Å². The third kappa shape index (κ3) is 3.65. The molecular formula is C18H15F3N2O2S. The van der Waals surface area contributed by atoms with Gasteiger partial charge in [-0.1, -0.05) is 17.7 Å². The first-order valence-electron chi connectivity index (χ1n) is 7.60. The molecule has 0 saturated carbocycles. The van der Waals surface area contributed by atoms with Gasteiger partial charge in [0.1, 0.15) is 5.82 Å². The summed E-state index contributed by atoms with van der Waals surface area (Å²) in [5.74, 6) is 0.0845. The Morgan fingerprint density at radius 1 is 0.962 bits per heavy atom. The van der Waals surface area contributed by atoms with E-state index in [4.69, 9.17) is 0 Å². The van der Waals surface area contributed by atoms with E-state index in [0.717, 1.165) is 18.0 Å². The lowest BCUT2D eigenvalue weighted by atomic mass is 10.2. The number of nitrogens with zero attached hydrogens (tertiary/aromatic N) is 2. The first-order valence-corrected chi connectivity index (χ1v) is 9.49. The van der Waals surface area contributed by atoms with Gasteiger partial charge in [-0.3, -0.25) is 4.57 Å². The molecule has 0 aliphatic rings. The van der Waals surface area contributed by atoms with E-state index >= 15 is 0 Å². The summed E-state index contributed by atoms with van der Waals surface area (Å²) >= 11 is 0. The van der Waals surface area contributed by atoms with Crippen LogP contribution in [0.3, 0.4) is 0 Å². The van der Waals surface area contributed by atoms with Crippen LogP contribution in [0.5, 0.6) is 0 Å². The molecular weight excluding hydrogens is 365 g/mol. The average Bonchev–Trinajstić information content (AvgIpc) is 3.00. The largest absolute Gasteiger partial charge is 0.434 e. The highest BCUT2D eigenvalue weighted by Crippen LogP contribution is 2.33. The number of hydrogen-bond acceptors (Lipinski definition) is 3. The molecule has 0 saturated heterocycles. The number of hydrogen-bond donors (Lipinski definition) is 0.